The van der Waals surface area contributed by atoms with Crippen molar-refractivity contribution in [3.63, 3.8) is 0 Å². The number of hydrogen-bond acceptors (Lipinski definition) is 7. The number of benzene rings is 3. The molecule has 44 heavy (non-hydrogen) atoms. The first-order chi connectivity index (χ1) is 21.3. The Labute approximate surface area is 253 Å². The molecule has 0 aliphatic heterocycles. The van der Waals surface area contributed by atoms with Crippen LogP contribution in [-0.2, 0) is 11.8 Å². The van der Waals surface area contributed by atoms with Gasteiger partial charge in [-0.3, -0.25) is 14.4 Å². The molecule has 228 valence electrons. The van der Waals surface area contributed by atoms with Crippen molar-refractivity contribution in [3.8, 4) is 0 Å². The summed E-state index contributed by atoms with van der Waals surface area (Å²) in [6.07, 6.45) is 3.57. The predicted octanol–water partition coefficient (Wildman–Crippen LogP) is 4.51. The monoisotopic (exact) mass is 601 g/mol. The lowest BCUT2D eigenvalue weighted by atomic mass is 9.94. The molecular formula is C33H33F2N5O4. The zero-order chi connectivity index (χ0) is 31.1. The van der Waals surface area contributed by atoms with Crippen LogP contribution in [0.4, 0.5) is 8.78 Å². The Kier molecular flexibility index (Phi) is 9.54. The average Bonchev–Trinajstić information content (AvgIpc) is 3.70. The summed E-state index contributed by atoms with van der Waals surface area (Å²) < 4.78 is 32.6. The minimum absolute atomic E-state index is 0.125. The summed E-state index contributed by atoms with van der Waals surface area (Å²) in [4.78, 5) is 43.3. The first-order valence-corrected chi connectivity index (χ1v) is 14.6. The van der Waals surface area contributed by atoms with Gasteiger partial charge in [0.2, 0.25) is 17.5 Å². The molecule has 4 N–H and O–H groups in total. The first kappa shape index (κ1) is 30.7. The number of Topliss-reactive ketones (excluding diaryl/α,β-unsaturated/α-hetero) is 1. The fourth-order valence-corrected chi connectivity index (χ4v) is 5.07. The minimum atomic E-state index is -1.17. The third-order valence-corrected chi connectivity index (χ3v) is 7.80. The molecule has 9 nitrogen and oxygen atoms in total. The van der Waals surface area contributed by atoms with E-state index in [0.29, 0.717) is 31.5 Å². The van der Waals surface area contributed by atoms with Gasteiger partial charge in [0.05, 0.1) is 11.5 Å². The molecule has 3 aromatic carbocycles. The number of ketones is 1. The second kappa shape index (κ2) is 13.7. The molecule has 0 bridgehead atoms. The van der Waals surface area contributed by atoms with Crippen molar-refractivity contribution >= 4 is 17.6 Å². The summed E-state index contributed by atoms with van der Waals surface area (Å²) >= 11 is 0. The minimum Gasteiger partial charge on any atom is -0.352 e. The van der Waals surface area contributed by atoms with Crippen LogP contribution in [0.5, 0.6) is 0 Å². The zero-order valence-corrected chi connectivity index (χ0v) is 24.0. The van der Waals surface area contributed by atoms with Crippen molar-refractivity contribution in [3.05, 3.63) is 118 Å². The topological polar surface area (TPSA) is 140 Å². The Bertz CT molecular complexity index is 1620. The SMILES string of the molecule is NCCCCC(NC(=O)c1ccc(F)c(F)c1)C(=O)c1noc(C2(c3ccc(C(=O)NCCc4ccccc4)cc3)CC2)n1. The molecule has 1 aliphatic carbocycles. The van der Waals surface area contributed by atoms with Crippen LogP contribution in [0.1, 0.15) is 80.5 Å². The van der Waals surface area contributed by atoms with Crippen LogP contribution in [0.2, 0.25) is 0 Å². The molecule has 1 aliphatic rings. The maximum atomic E-state index is 13.7. The molecule has 5 rings (SSSR count). The van der Waals surface area contributed by atoms with Crippen molar-refractivity contribution in [2.75, 3.05) is 13.1 Å². The van der Waals surface area contributed by atoms with Gasteiger partial charge < -0.3 is 20.9 Å². The van der Waals surface area contributed by atoms with E-state index in [1.54, 1.807) is 12.1 Å². The fraction of sp³-hybridized carbons (Fsp3) is 0.303. The van der Waals surface area contributed by atoms with Crippen molar-refractivity contribution in [1.82, 2.24) is 20.8 Å². The summed E-state index contributed by atoms with van der Waals surface area (Å²) in [6.45, 7) is 0.919. The molecule has 1 heterocycles. The predicted molar refractivity (Wildman–Crippen MR) is 158 cm³/mol. The fourth-order valence-electron chi connectivity index (χ4n) is 5.07. The third-order valence-electron chi connectivity index (χ3n) is 7.80. The van der Waals surface area contributed by atoms with Gasteiger partial charge in [-0.15, -0.1) is 0 Å². The number of unbranched alkanes of at least 4 members (excludes halogenated alkanes) is 1. The van der Waals surface area contributed by atoms with Crippen molar-refractivity contribution < 1.29 is 27.7 Å². The van der Waals surface area contributed by atoms with Gasteiger partial charge >= 0.3 is 0 Å². The highest BCUT2D eigenvalue weighted by Crippen LogP contribution is 2.52. The lowest BCUT2D eigenvalue weighted by Gasteiger charge is -2.16. The van der Waals surface area contributed by atoms with E-state index < -0.39 is 34.8 Å². The van der Waals surface area contributed by atoms with Crippen LogP contribution in [0.25, 0.3) is 0 Å². The van der Waals surface area contributed by atoms with E-state index in [1.807, 2.05) is 42.5 Å². The summed E-state index contributed by atoms with van der Waals surface area (Å²) in [5, 5.41) is 9.45. The first-order valence-electron chi connectivity index (χ1n) is 14.6. The Morgan fingerprint density at radius 2 is 1.64 bits per heavy atom. The Morgan fingerprint density at radius 1 is 0.909 bits per heavy atom. The number of aromatic nitrogens is 2. The molecule has 2 amide bonds. The van der Waals surface area contributed by atoms with E-state index in [4.69, 9.17) is 10.3 Å². The van der Waals surface area contributed by atoms with Gasteiger partial charge in [0, 0.05) is 17.7 Å². The van der Waals surface area contributed by atoms with E-state index in [0.717, 1.165) is 48.6 Å². The number of rotatable bonds is 14. The van der Waals surface area contributed by atoms with E-state index in [1.165, 1.54) is 0 Å². The number of hydrogen-bond donors (Lipinski definition) is 3. The molecule has 0 radical (unpaired) electrons. The molecule has 11 heteroatoms. The number of carbonyl (C=O) groups excluding carboxylic acids is 3. The molecule has 4 aromatic rings. The van der Waals surface area contributed by atoms with Gasteiger partial charge in [-0.05, 0) is 86.5 Å². The van der Waals surface area contributed by atoms with Gasteiger partial charge in [-0.1, -0.05) is 47.6 Å². The molecule has 1 aromatic heterocycles. The smallest absolute Gasteiger partial charge is 0.251 e. The Morgan fingerprint density at radius 3 is 2.32 bits per heavy atom. The van der Waals surface area contributed by atoms with Crippen LogP contribution in [0.3, 0.4) is 0 Å². The molecular weight excluding hydrogens is 568 g/mol. The highest BCUT2D eigenvalue weighted by molar-refractivity contribution is 6.02. The zero-order valence-electron chi connectivity index (χ0n) is 24.0. The second-order valence-corrected chi connectivity index (χ2v) is 10.9. The largest absolute Gasteiger partial charge is 0.352 e. The molecule has 0 saturated heterocycles. The molecule has 1 unspecified atom stereocenters. The number of amides is 2. The van der Waals surface area contributed by atoms with Gasteiger partial charge in [-0.25, -0.2) is 8.78 Å². The third kappa shape index (κ3) is 7.05. The van der Waals surface area contributed by atoms with Crippen LogP contribution >= 0.6 is 0 Å². The average molecular weight is 602 g/mol. The summed E-state index contributed by atoms with van der Waals surface area (Å²) in [5.41, 5.74) is 7.45. The normalized spacial score (nSPS) is 14.1. The van der Waals surface area contributed by atoms with Crippen LogP contribution in [-0.4, -0.2) is 46.9 Å². The van der Waals surface area contributed by atoms with Crippen molar-refractivity contribution in [2.24, 2.45) is 5.73 Å². The van der Waals surface area contributed by atoms with E-state index in [-0.39, 0.29) is 29.6 Å². The van der Waals surface area contributed by atoms with E-state index in [9.17, 15) is 23.2 Å². The number of nitrogens with one attached hydrogen (secondary N) is 2. The summed E-state index contributed by atoms with van der Waals surface area (Å²) in [5.74, 6) is -3.64. The van der Waals surface area contributed by atoms with Crippen molar-refractivity contribution in [2.45, 2.75) is 50.0 Å². The van der Waals surface area contributed by atoms with E-state index >= 15 is 0 Å². The van der Waals surface area contributed by atoms with Crippen molar-refractivity contribution in [1.29, 1.82) is 0 Å². The highest BCUT2D eigenvalue weighted by Gasteiger charge is 2.51. The number of carbonyl (C=O) groups is 3. The van der Waals surface area contributed by atoms with Gasteiger partial charge in [0.25, 0.3) is 11.8 Å². The summed E-state index contributed by atoms with van der Waals surface area (Å²) in [6, 6.07) is 18.8. The number of nitrogens with two attached hydrogens (primary N) is 1. The number of nitrogens with zero attached hydrogens (tertiary/aromatic N) is 2. The molecule has 1 fully saturated rings. The summed E-state index contributed by atoms with van der Waals surface area (Å²) in [7, 11) is 0. The Hall–Kier alpha value is -4.77. The lowest BCUT2D eigenvalue weighted by Crippen LogP contribution is -2.41. The van der Waals surface area contributed by atoms with Gasteiger partial charge in [-0.2, -0.15) is 4.98 Å². The van der Waals surface area contributed by atoms with Crippen LogP contribution < -0.4 is 16.4 Å². The second-order valence-electron chi connectivity index (χ2n) is 10.9. The standard InChI is InChI=1S/C33H33F2N5O4/c34-25-14-11-23(20-26(25)35)31(43)38-27(8-4-5-18-36)28(41)29-39-32(44-40-29)33(16-17-33)24-12-9-22(10-13-24)30(42)37-19-15-21-6-2-1-3-7-21/h1-3,6-7,9-14,20,27H,4-5,8,15-19,36H2,(H,37,42)(H,38,43). The highest BCUT2D eigenvalue weighted by atomic mass is 19.2. The quantitative estimate of drug-likeness (QED) is 0.143. The molecule has 1 atom stereocenters. The Balaban J connectivity index is 1.25. The maximum Gasteiger partial charge on any atom is 0.251 e. The maximum absolute atomic E-state index is 13.7. The van der Waals surface area contributed by atoms with Gasteiger partial charge in [0.1, 0.15) is 0 Å². The number of halogens is 2. The molecule has 0 spiro atoms. The van der Waals surface area contributed by atoms with Crippen LogP contribution in [0.15, 0.2) is 77.3 Å². The van der Waals surface area contributed by atoms with E-state index in [2.05, 4.69) is 20.8 Å². The van der Waals surface area contributed by atoms with Crippen LogP contribution in [0, 0.1) is 11.6 Å². The lowest BCUT2D eigenvalue weighted by molar-refractivity contribution is 0.0843. The molecule has 1 saturated carbocycles. The van der Waals surface area contributed by atoms with Gasteiger partial charge in [0.15, 0.2) is 11.6 Å².